The molecule has 0 spiro atoms. The van der Waals surface area contributed by atoms with Gasteiger partial charge in [0.2, 0.25) is 15.9 Å². The SMILES string of the molecule is Cc1ccc(C(=O)NCC(=O)NCc2ccccc2S(=O)(=O)N2CCCCC2)cc1[N+](=O)[O-]. The fraction of sp³-hybridized carbons (Fsp3) is 0.364. The van der Waals surface area contributed by atoms with Crippen LogP contribution in [0, 0.1) is 17.0 Å². The minimum Gasteiger partial charge on any atom is -0.350 e. The Hall–Kier alpha value is -3.31. The molecular weight excluding hydrogens is 448 g/mol. The quantitative estimate of drug-likeness (QED) is 0.444. The van der Waals surface area contributed by atoms with E-state index in [0.717, 1.165) is 25.3 Å². The minimum absolute atomic E-state index is 0.0199. The molecule has 33 heavy (non-hydrogen) atoms. The molecule has 1 aliphatic heterocycles. The topological polar surface area (TPSA) is 139 Å². The second kappa shape index (κ2) is 10.5. The summed E-state index contributed by atoms with van der Waals surface area (Å²) in [5.41, 5.74) is 0.765. The van der Waals surface area contributed by atoms with Crippen molar-refractivity contribution in [2.45, 2.75) is 37.6 Å². The predicted octanol–water partition coefficient (Wildman–Crippen LogP) is 2.12. The molecule has 3 rings (SSSR count). The van der Waals surface area contributed by atoms with Crippen LogP contribution in [0.1, 0.15) is 40.7 Å². The predicted molar refractivity (Wildman–Crippen MR) is 121 cm³/mol. The van der Waals surface area contributed by atoms with Crippen LogP contribution in [-0.4, -0.2) is 49.1 Å². The van der Waals surface area contributed by atoms with Crippen LogP contribution < -0.4 is 10.6 Å². The fourth-order valence-corrected chi connectivity index (χ4v) is 5.35. The number of aryl methyl sites for hydroxylation is 1. The van der Waals surface area contributed by atoms with Crippen molar-refractivity contribution in [1.82, 2.24) is 14.9 Å². The average Bonchev–Trinajstić information content (AvgIpc) is 2.82. The van der Waals surface area contributed by atoms with E-state index in [2.05, 4.69) is 10.6 Å². The van der Waals surface area contributed by atoms with Crippen LogP contribution in [0.5, 0.6) is 0 Å². The van der Waals surface area contributed by atoms with Gasteiger partial charge in [-0.3, -0.25) is 19.7 Å². The van der Waals surface area contributed by atoms with Gasteiger partial charge in [0, 0.05) is 36.8 Å². The first-order valence-corrected chi connectivity index (χ1v) is 12.0. The number of hydrogen-bond donors (Lipinski definition) is 2. The Morgan fingerprint density at radius 1 is 1.06 bits per heavy atom. The molecule has 1 heterocycles. The third-order valence-electron chi connectivity index (χ3n) is 5.46. The highest BCUT2D eigenvalue weighted by atomic mass is 32.2. The zero-order valence-electron chi connectivity index (χ0n) is 18.2. The van der Waals surface area contributed by atoms with Gasteiger partial charge in [-0.2, -0.15) is 4.31 Å². The third-order valence-corrected chi connectivity index (χ3v) is 7.46. The van der Waals surface area contributed by atoms with E-state index in [9.17, 15) is 28.1 Å². The number of piperidine rings is 1. The lowest BCUT2D eigenvalue weighted by atomic mass is 10.1. The van der Waals surface area contributed by atoms with Crippen LogP contribution >= 0.6 is 0 Å². The van der Waals surface area contributed by atoms with Crippen molar-refractivity contribution in [3.05, 3.63) is 69.3 Å². The Bertz CT molecular complexity index is 1160. The number of carbonyl (C=O) groups is 2. The second-order valence-electron chi connectivity index (χ2n) is 7.79. The maximum absolute atomic E-state index is 13.0. The van der Waals surface area contributed by atoms with Gasteiger partial charge in [0.1, 0.15) is 0 Å². The standard InChI is InChI=1S/C22H26N4O6S/c1-16-9-10-17(13-19(16)26(29)30)22(28)24-15-21(27)23-14-18-7-3-4-8-20(18)33(31,32)25-11-5-2-6-12-25/h3-4,7-10,13H,2,5-6,11-12,14-15H2,1H3,(H,23,27)(H,24,28). The van der Waals surface area contributed by atoms with Gasteiger partial charge in [0.25, 0.3) is 11.6 Å². The van der Waals surface area contributed by atoms with Crippen molar-refractivity contribution in [2.75, 3.05) is 19.6 Å². The lowest BCUT2D eigenvalue weighted by Gasteiger charge is -2.26. The van der Waals surface area contributed by atoms with E-state index in [-0.39, 0.29) is 29.2 Å². The van der Waals surface area contributed by atoms with E-state index in [1.165, 1.54) is 22.5 Å². The van der Waals surface area contributed by atoms with Gasteiger partial charge >= 0.3 is 0 Å². The molecule has 2 aromatic rings. The summed E-state index contributed by atoms with van der Waals surface area (Å²) >= 11 is 0. The molecular formula is C22H26N4O6S. The van der Waals surface area contributed by atoms with Gasteiger partial charge < -0.3 is 10.6 Å². The Balaban J connectivity index is 1.60. The molecule has 0 atom stereocenters. The molecule has 10 nitrogen and oxygen atoms in total. The lowest BCUT2D eigenvalue weighted by molar-refractivity contribution is -0.385. The Kier molecular flexibility index (Phi) is 7.77. The van der Waals surface area contributed by atoms with E-state index in [0.29, 0.717) is 24.2 Å². The molecule has 0 aromatic heterocycles. The Morgan fingerprint density at radius 3 is 2.45 bits per heavy atom. The summed E-state index contributed by atoms with van der Waals surface area (Å²) in [5, 5.41) is 16.1. The molecule has 176 valence electrons. The van der Waals surface area contributed by atoms with E-state index >= 15 is 0 Å². The summed E-state index contributed by atoms with van der Waals surface area (Å²) < 4.78 is 27.5. The average molecular weight is 475 g/mol. The molecule has 1 saturated heterocycles. The first kappa shape index (κ1) is 24.3. The Morgan fingerprint density at radius 2 is 1.76 bits per heavy atom. The maximum atomic E-state index is 13.0. The van der Waals surface area contributed by atoms with Crippen molar-refractivity contribution >= 4 is 27.5 Å². The summed E-state index contributed by atoms with van der Waals surface area (Å²) in [6.45, 7) is 2.14. The number of carbonyl (C=O) groups excluding carboxylic acids is 2. The van der Waals surface area contributed by atoms with E-state index < -0.39 is 26.8 Å². The smallest absolute Gasteiger partial charge is 0.273 e. The summed E-state index contributed by atoms with van der Waals surface area (Å²) in [6.07, 6.45) is 2.65. The number of nitrogens with one attached hydrogen (secondary N) is 2. The zero-order valence-corrected chi connectivity index (χ0v) is 19.1. The van der Waals surface area contributed by atoms with Crippen molar-refractivity contribution in [3.8, 4) is 0 Å². The summed E-state index contributed by atoms with van der Waals surface area (Å²) in [5.74, 6) is -1.14. The molecule has 2 amide bonds. The number of hydrogen-bond acceptors (Lipinski definition) is 6. The van der Waals surface area contributed by atoms with Crippen LogP contribution in [0.3, 0.4) is 0 Å². The highest BCUT2D eigenvalue weighted by Crippen LogP contribution is 2.23. The van der Waals surface area contributed by atoms with Gasteiger partial charge in [0.05, 0.1) is 16.4 Å². The van der Waals surface area contributed by atoms with Crippen LogP contribution in [0.2, 0.25) is 0 Å². The minimum atomic E-state index is -3.66. The van der Waals surface area contributed by atoms with Crippen LogP contribution in [-0.2, 0) is 21.4 Å². The molecule has 1 aliphatic rings. The van der Waals surface area contributed by atoms with Gasteiger partial charge in [-0.05, 0) is 37.5 Å². The molecule has 2 N–H and O–H groups in total. The van der Waals surface area contributed by atoms with Gasteiger partial charge in [-0.1, -0.05) is 30.7 Å². The highest BCUT2D eigenvalue weighted by molar-refractivity contribution is 7.89. The van der Waals surface area contributed by atoms with Crippen LogP contribution in [0.25, 0.3) is 0 Å². The zero-order chi connectivity index (χ0) is 24.0. The summed E-state index contributed by atoms with van der Waals surface area (Å²) in [6, 6.07) is 10.6. The van der Waals surface area contributed by atoms with Crippen molar-refractivity contribution in [3.63, 3.8) is 0 Å². The molecule has 1 fully saturated rings. The van der Waals surface area contributed by atoms with Gasteiger partial charge in [-0.15, -0.1) is 0 Å². The number of nitro groups is 1. The molecule has 0 bridgehead atoms. The van der Waals surface area contributed by atoms with Crippen molar-refractivity contribution in [2.24, 2.45) is 0 Å². The number of amides is 2. The Labute approximate surface area is 192 Å². The van der Waals surface area contributed by atoms with Crippen LogP contribution in [0.4, 0.5) is 5.69 Å². The van der Waals surface area contributed by atoms with E-state index in [1.54, 1.807) is 25.1 Å². The maximum Gasteiger partial charge on any atom is 0.273 e. The molecule has 0 saturated carbocycles. The number of sulfonamides is 1. The highest BCUT2D eigenvalue weighted by Gasteiger charge is 2.28. The monoisotopic (exact) mass is 474 g/mol. The normalized spacial score (nSPS) is 14.5. The summed E-state index contributed by atoms with van der Waals surface area (Å²) in [4.78, 5) is 35.1. The number of benzene rings is 2. The molecule has 2 aromatic carbocycles. The first-order chi connectivity index (χ1) is 15.7. The van der Waals surface area contributed by atoms with E-state index in [1.807, 2.05) is 0 Å². The number of nitrogens with zero attached hydrogens (tertiary/aromatic N) is 2. The lowest BCUT2D eigenvalue weighted by Crippen LogP contribution is -2.38. The number of nitro benzene ring substituents is 1. The number of rotatable bonds is 8. The molecule has 11 heteroatoms. The van der Waals surface area contributed by atoms with Crippen molar-refractivity contribution < 1.29 is 22.9 Å². The molecule has 0 unspecified atom stereocenters. The molecule has 0 aliphatic carbocycles. The van der Waals surface area contributed by atoms with Crippen molar-refractivity contribution in [1.29, 1.82) is 0 Å². The van der Waals surface area contributed by atoms with Gasteiger partial charge in [0.15, 0.2) is 0 Å². The first-order valence-electron chi connectivity index (χ1n) is 10.6. The van der Waals surface area contributed by atoms with E-state index in [4.69, 9.17) is 0 Å². The fourth-order valence-electron chi connectivity index (χ4n) is 3.61. The van der Waals surface area contributed by atoms with Gasteiger partial charge in [-0.25, -0.2) is 8.42 Å². The third kappa shape index (κ3) is 5.93. The largest absolute Gasteiger partial charge is 0.350 e. The second-order valence-corrected chi connectivity index (χ2v) is 9.70. The molecule has 0 radical (unpaired) electrons. The summed E-state index contributed by atoms with van der Waals surface area (Å²) in [7, 11) is -3.66. The van der Waals surface area contributed by atoms with Crippen LogP contribution in [0.15, 0.2) is 47.4 Å².